The van der Waals surface area contributed by atoms with Gasteiger partial charge in [-0.3, -0.25) is 10.1 Å². The van der Waals surface area contributed by atoms with Crippen molar-refractivity contribution in [1.29, 1.82) is 5.26 Å². The predicted octanol–water partition coefficient (Wildman–Crippen LogP) is 3.50. The minimum absolute atomic E-state index is 0. The van der Waals surface area contributed by atoms with Gasteiger partial charge in [-0.1, -0.05) is 58.3 Å². The molecule has 0 aliphatic heterocycles. The van der Waals surface area contributed by atoms with E-state index in [-0.39, 0.29) is 25.4 Å². The van der Waals surface area contributed by atoms with Crippen LogP contribution in [-0.2, 0) is 24.3 Å². The summed E-state index contributed by atoms with van der Waals surface area (Å²) in [7, 11) is 0. The van der Waals surface area contributed by atoms with Crippen molar-refractivity contribution in [2.75, 3.05) is 0 Å². The first-order valence-corrected chi connectivity index (χ1v) is 6.49. The molecule has 92 valence electrons. The molecule has 0 rings (SSSR count). The van der Waals surface area contributed by atoms with E-state index in [1.807, 2.05) is 0 Å². The van der Waals surface area contributed by atoms with Gasteiger partial charge in [-0.15, -0.1) is 0 Å². The molecular formula is C13H24N2OZn+2. The van der Waals surface area contributed by atoms with Gasteiger partial charge in [0.05, 0.1) is 0 Å². The zero-order chi connectivity index (χ0) is 12.1. The molecule has 17 heavy (non-hydrogen) atoms. The maximum atomic E-state index is 10.9. The Morgan fingerprint density at radius 1 is 1.00 bits per heavy atom. The van der Waals surface area contributed by atoms with Crippen LogP contribution in [0.25, 0.3) is 0 Å². The summed E-state index contributed by atoms with van der Waals surface area (Å²) < 4.78 is 0. The summed E-state index contributed by atoms with van der Waals surface area (Å²) in [5.41, 5.74) is 0. The van der Waals surface area contributed by atoms with Crippen LogP contribution >= 0.6 is 0 Å². The molecule has 0 radical (unpaired) electrons. The standard InChI is InChI=1S/C13H24N2O.Zn/c1-2-3-4-5-6-7-8-9-10-11-13(16)15-12-14;/h2-11H2,1H3,(H,15,16);/q;+2. The molecule has 0 saturated heterocycles. The fourth-order valence-electron chi connectivity index (χ4n) is 1.72. The van der Waals surface area contributed by atoms with Crippen molar-refractivity contribution in [1.82, 2.24) is 5.32 Å². The normalized spacial score (nSPS) is 9.18. The first-order valence-electron chi connectivity index (χ1n) is 6.49. The third kappa shape index (κ3) is 15.6. The van der Waals surface area contributed by atoms with E-state index in [2.05, 4.69) is 12.2 Å². The van der Waals surface area contributed by atoms with Gasteiger partial charge in [0.15, 0.2) is 6.19 Å². The monoisotopic (exact) mass is 288 g/mol. The molecule has 0 unspecified atom stereocenters. The molecule has 0 heterocycles. The third-order valence-corrected chi connectivity index (χ3v) is 2.70. The van der Waals surface area contributed by atoms with Gasteiger partial charge in [-0.2, -0.15) is 5.26 Å². The summed E-state index contributed by atoms with van der Waals surface area (Å²) >= 11 is 0. The van der Waals surface area contributed by atoms with Crippen LogP contribution in [0, 0.1) is 11.5 Å². The smallest absolute Gasteiger partial charge is 0.274 e. The second-order valence-electron chi connectivity index (χ2n) is 4.24. The van der Waals surface area contributed by atoms with Crippen molar-refractivity contribution in [2.45, 2.75) is 71.1 Å². The largest absolute Gasteiger partial charge is 2.00 e. The van der Waals surface area contributed by atoms with Crippen molar-refractivity contribution in [2.24, 2.45) is 0 Å². The first kappa shape index (κ1) is 18.9. The molecule has 0 aromatic carbocycles. The Bertz CT molecular complexity index is 214. The number of hydrogen-bond acceptors (Lipinski definition) is 2. The number of carbonyl (C=O) groups is 1. The Hall–Kier alpha value is -0.417. The van der Waals surface area contributed by atoms with Crippen molar-refractivity contribution >= 4 is 5.91 Å². The van der Waals surface area contributed by atoms with Crippen molar-refractivity contribution < 1.29 is 24.3 Å². The molecule has 0 aliphatic carbocycles. The molecule has 3 nitrogen and oxygen atoms in total. The van der Waals surface area contributed by atoms with Gasteiger partial charge in [-0.05, 0) is 6.42 Å². The molecule has 0 atom stereocenters. The van der Waals surface area contributed by atoms with Gasteiger partial charge in [0.25, 0.3) is 0 Å². The molecule has 1 amide bonds. The van der Waals surface area contributed by atoms with Gasteiger partial charge in [0.1, 0.15) is 0 Å². The summed E-state index contributed by atoms with van der Waals surface area (Å²) in [4.78, 5) is 10.9. The number of nitrogens with one attached hydrogen (secondary N) is 1. The van der Waals surface area contributed by atoms with E-state index in [0.29, 0.717) is 6.42 Å². The molecule has 0 bridgehead atoms. The minimum Gasteiger partial charge on any atom is -0.274 e. The van der Waals surface area contributed by atoms with Gasteiger partial charge in [0, 0.05) is 6.42 Å². The van der Waals surface area contributed by atoms with E-state index in [0.717, 1.165) is 12.8 Å². The maximum Gasteiger partial charge on any atom is 2.00 e. The third-order valence-electron chi connectivity index (χ3n) is 2.70. The quantitative estimate of drug-likeness (QED) is 0.290. The summed E-state index contributed by atoms with van der Waals surface area (Å²) in [6.07, 6.45) is 13.3. The summed E-state index contributed by atoms with van der Waals surface area (Å²) in [5, 5.41) is 10.3. The Kier molecular flexibility index (Phi) is 17.4. The Morgan fingerprint density at radius 2 is 1.47 bits per heavy atom. The van der Waals surface area contributed by atoms with Crippen LogP contribution in [-0.4, -0.2) is 5.91 Å². The topological polar surface area (TPSA) is 52.9 Å². The number of carbonyl (C=O) groups excluding carboxylic acids is 1. The van der Waals surface area contributed by atoms with Gasteiger partial charge in [-0.25, -0.2) is 0 Å². The molecule has 0 spiro atoms. The van der Waals surface area contributed by atoms with E-state index in [1.54, 1.807) is 6.19 Å². The van der Waals surface area contributed by atoms with Crippen molar-refractivity contribution in [3.05, 3.63) is 0 Å². The Morgan fingerprint density at radius 3 is 1.94 bits per heavy atom. The van der Waals surface area contributed by atoms with Crippen LogP contribution in [0.4, 0.5) is 0 Å². The molecular weight excluding hydrogens is 266 g/mol. The van der Waals surface area contributed by atoms with E-state index in [1.165, 1.54) is 44.9 Å². The molecule has 4 heteroatoms. The van der Waals surface area contributed by atoms with Gasteiger partial charge in [0.2, 0.25) is 5.91 Å². The zero-order valence-corrected chi connectivity index (χ0v) is 14.1. The number of nitriles is 1. The number of unbranched alkanes of at least 4 members (excludes halogenated alkanes) is 8. The molecule has 0 aromatic rings. The fourth-order valence-corrected chi connectivity index (χ4v) is 1.72. The first-order chi connectivity index (χ1) is 7.81. The maximum absolute atomic E-state index is 10.9. The fraction of sp³-hybridized carbons (Fsp3) is 0.846. The van der Waals surface area contributed by atoms with Crippen LogP contribution in [0.2, 0.25) is 0 Å². The molecule has 1 N–H and O–H groups in total. The van der Waals surface area contributed by atoms with Crippen LogP contribution < -0.4 is 5.32 Å². The molecule has 0 aromatic heterocycles. The SMILES string of the molecule is CCCCCCCCCCCC(=O)NC#N.[Zn+2]. The van der Waals surface area contributed by atoms with Crippen LogP contribution in [0.5, 0.6) is 0 Å². The van der Waals surface area contributed by atoms with Crippen LogP contribution in [0.15, 0.2) is 0 Å². The van der Waals surface area contributed by atoms with Crippen molar-refractivity contribution in [3.63, 3.8) is 0 Å². The predicted molar refractivity (Wildman–Crippen MR) is 65.6 cm³/mol. The average molecular weight is 290 g/mol. The van der Waals surface area contributed by atoms with Gasteiger partial charge < -0.3 is 0 Å². The van der Waals surface area contributed by atoms with Gasteiger partial charge >= 0.3 is 19.5 Å². The van der Waals surface area contributed by atoms with Crippen LogP contribution in [0.3, 0.4) is 0 Å². The zero-order valence-electron chi connectivity index (χ0n) is 11.1. The number of amides is 1. The van der Waals surface area contributed by atoms with E-state index in [4.69, 9.17) is 5.26 Å². The second-order valence-corrected chi connectivity index (χ2v) is 4.24. The molecule has 0 saturated carbocycles. The summed E-state index contributed by atoms with van der Waals surface area (Å²) in [6.45, 7) is 2.23. The Balaban J connectivity index is 0. The number of rotatable bonds is 10. The van der Waals surface area contributed by atoms with E-state index in [9.17, 15) is 4.79 Å². The average Bonchev–Trinajstić information content (AvgIpc) is 2.27. The molecule has 0 aliphatic rings. The summed E-state index contributed by atoms with van der Waals surface area (Å²) in [6, 6.07) is 0. The minimum atomic E-state index is -0.148. The molecule has 0 fully saturated rings. The van der Waals surface area contributed by atoms with Crippen LogP contribution in [0.1, 0.15) is 71.1 Å². The summed E-state index contributed by atoms with van der Waals surface area (Å²) in [5.74, 6) is -0.148. The van der Waals surface area contributed by atoms with E-state index < -0.39 is 0 Å². The number of nitrogens with zero attached hydrogens (tertiary/aromatic N) is 1. The van der Waals surface area contributed by atoms with E-state index >= 15 is 0 Å². The number of hydrogen-bond donors (Lipinski definition) is 1. The Labute approximate surface area is 118 Å². The second kappa shape index (κ2) is 15.6. The van der Waals surface area contributed by atoms with Crippen molar-refractivity contribution in [3.8, 4) is 6.19 Å².